The Hall–Kier alpha value is -1.26. The predicted octanol–water partition coefficient (Wildman–Crippen LogP) is 2.44. The quantitative estimate of drug-likeness (QED) is 0.832. The minimum atomic E-state index is 0.245. The lowest BCUT2D eigenvalue weighted by Gasteiger charge is -2.23. The van der Waals surface area contributed by atoms with Gasteiger partial charge in [0.25, 0.3) is 0 Å². The van der Waals surface area contributed by atoms with E-state index in [1.54, 1.807) is 0 Å². The lowest BCUT2D eigenvalue weighted by Crippen LogP contribution is -2.31. The zero-order valence-electron chi connectivity index (χ0n) is 12.5. The second-order valence-corrected chi connectivity index (χ2v) is 5.10. The molecule has 1 N–H and O–H groups in total. The molecule has 1 fully saturated rings. The molecule has 4 heteroatoms. The second kappa shape index (κ2) is 7.50. The minimum absolute atomic E-state index is 0.245. The van der Waals surface area contributed by atoms with Gasteiger partial charge in [0.1, 0.15) is 0 Å². The molecule has 0 unspecified atom stereocenters. The molecule has 112 valence electrons. The maximum atomic E-state index is 9.38. The molecule has 1 atom stereocenters. The molecular formula is C16H25NO3. The maximum absolute atomic E-state index is 9.38. The summed E-state index contributed by atoms with van der Waals surface area (Å²) >= 11 is 0. The van der Waals surface area contributed by atoms with Crippen molar-refractivity contribution in [1.29, 1.82) is 0 Å². The Morgan fingerprint density at radius 3 is 2.65 bits per heavy atom. The number of aliphatic hydroxyl groups excluding tert-OH is 1. The summed E-state index contributed by atoms with van der Waals surface area (Å²) < 4.78 is 11.2. The molecule has 0 bridgehead atoms. The molecule has 20 heavy (non-hydrogen) atoms. The van der Waals surface area contributed by atoms with Crippen molar-refractivity contribution in [1.82, 2.24) is 4.90 Å². The van der Waals surface area contributed by atoms with Crippen molar-refractivity contribution in [3.8, 4) is 11.5 Å². The summed E-state index contributed by atoms with van der Waals surface area (Å²) in [5.74, 6) is 1.62. The fourth-order valence-corrected chi connectivity index (χ4v) is 2.74. The number of rotatable bonds is 7. The van der Waals surface area contributed by atoms with Gasteiger partial charge in [-0.15, -0.1) is 0 Å². The van der Waals surface area contributed by atoms with E-state index in [4.69, 9.17) is 9.47 Å². The van der Waals surface area contributed by atoms with Gasteiger partial charge in [0.05, 0.1) is 19.8 Å². The summed E-state index contributed by atoms with van der Waals surface area (Å²) in [6.45, 7) is 7.38. The molecule has 4 nitrogen and oxygen atoms in total. The molecule has 1 aliphatic rings. The third-order valence-electron chi connectivity index (χ3n) is 3.70. The van der Waals surface area contributed by atoms with Crippen LogP contribution in [0, 0.1) is 0 Å². The van der Waals surface area contributed by atoms with Crippen molar-refractivity contribution >= 4 is 0 Å². The minimum Gasteiger partial charge on any atom is -0.490 e. The van der Waals surface area contributed by atoms with Crippen molar-refractivity contribution in [2.45, 2.75) is 39.3 Å². The number of ether oxygens (including phenoxy) is 2. The molecule has 1 aromatic rings. The maximum Gasteiger partial charge on any atom is 0.161 e. The number of likely N-dealkylation sites (tertiary alicyclic amines) is 1. The molecule has 0 spiro atoms. The van der Waals surface area contributed by atoms with Gasteiger partial charge in [-0.3, -0.25) is 4.90 Å². The standard InChI is InChI=1S/C16H25NO3/c1-3-19-15-8-7-13(10-16(15)20-4-2)11-17-9-5-6-14(17)12-18/h7-8,10,14,18H,3-6,9,11-12H2,1-2H3/t14-/m1/s1. The van der Waals surface area contributed by atoms with Crippen molar-refractivity contribution in [2.75, 3.05) is 26.4 Å². The lowest BCUT2D eigenvalue weighted by atomic mass is 10.1. The highest BCUT2D eigenvalue weighted by Gasteiger charge is 2.23. The Kier molecular flexibility index (Phi) is 5.68. The van der Waals surface area contributed by atoms with Crippen LogP contribution in [0.1, 0.15) is 32.3 Å². The zero-order valence-corrected chi connectivity index (χ0v) is 12.5. The first-order chi connectivity index (χ1) is 9.78. The Labute approximate surface area is 121 Å². The van der Waals surface area contributed by atoms with Crippen LogP contribution in [0.25, 0.3) is 0 Å². The molecule has 2 rings (SSSR count). The molecule has 0 saturated carbocycles. The number of aliphatic hydroxyl groups is 1. The van der Waals surface area contributed by atoms with Gasteiger partial charge in [-0.25, -0.2) is 0 Å². The fourth-order valence-electron chi connectivity index (χ4n) is 2.74. The van der Waals surface area contributed by atoms with Gasteiger partial charge in [0.2, 0.25) is 0 Å². The molecule has 1 aromatic carbocycles. The molecular weight excluding hydrogens is 254 g/mol. The van der Waals surface area contributed by atoms with E-state index in [1.165, 1.54) is 12.0 Å². The van der Waals surface area contributed by atoms with Crippen molar-refractivity contribution < 1.29 is 14.6 Å². The highest BCUT2D eigenvalue weighted by Crippen LogP contribution is 2.30. The van der Waals surface area contributed by atoms with E-state index in [2.05, 4.69) is 17.0 Å². The largest absolute Gasteiger partial charge is 0.490 e. The van der Waals surface area contributed by atoms with E-state index < -0.39 is 0 Å². The third kappa shape index (κ3) is 3.64. The predicted molar refractivity (Wildman–Crippen MR) is 79.3 cm³/mol. The molecule has 1 heterocycles. The summed E-state index contributed by atoms with van der Waals surface area (Å²) in [7, 11) is 0. The number of benzene rings is 1. The van der Waals surface area contributed by atoms with Gasteiger partial charge in [-0.05, 0) is 50.9 Å². The highest BCUT2D eigenvalue weighted by molar-refractivity contribution is 5.43. The molecule has 0 aliphatic carbocycles. The molecule has 1 saturated heterocycles. The van der Waals surface area contributed by atoms with Crippen molar-refractivity contribution in [3.63, 3.8) is 0 Å². The van der Waals surface area contributed by atoms with Crippen molar-refractivity contribution in [3.05, 3.63) is 23.8 Å². The topological polar surface area (TPSA) is 41.9 Å². The summed E-state index contributed by atoms with van der Waals surface area (Å²) in [5.41, 5.74) is 1.21. The van der Waals surface area contributed by atoms with Gasteiger partial charge < -0.3 is 14.6 Å². The van der Waals surface area contributed by atoms with Crippen LogP contribution in [0.5, 0.6) is 11.5 Å². The van der Waals surface area contributed by atoms with Crippen LogP contribution in [0.4, 0.5) is 0 Å². The molecule has 0 aromatic heterocycles. The summed E-state index contributed by atoms with van der Waals surface area (Å²) in [4.78, 5) is 2.34. The van der Waals surface area contributed by atoms with Crippen LogP contribution < -0.4 is 9.47 Å². The first-order valence-corrected chi connectivity index (χ1v) is 7.51. The van der Waals surface area contributed by atoms with Gasteiger partial charge in [0.15, 0.2) is 11.5 Å². The highest BCUT2D eigenvalue weighted by atomic mass is 16.5. The van der Waals surface area contributed by atoms with Crippen LogP contribution >= 0.6 is 0 Å². The number of hydrogen-bond donors (Lipinski definition) is 1. The Morgan fingerprint density at radius 2 is 1.95 bits per heavy atom. The first-order valence-electron chi connectivity index (χ1n) is 7.51. The second-order valence-electron chi connectivity index (χ2n) is 5.10. The van der Waals surface area contributed by atoms with Crippen molar-refractivity contribution in [2.24, 2.45) is 0 Å². The normalized spacial score (nSPS) is 19.2. The van der Waals surface area contributed by atoms with Gasteiger partial charge in [-0.1, -0.05) is 6.07 Å². The molecule has 1 aliphatic heterocycles. The molecule has 0 amide bonds. The summed E-state index contributed by atoms with van der Waals surface area (Å²) in [6, 6.07) is 6.42. The van der Waals surface area contributed by atoms with Crippen LogP contribution in [0.15, 0.2) is 18.2 Å². The van der Waals surface area contributed by atoms with Crippen LogP contribution in [0.2, 0.25) is 0 Å². The summed E-state index contributed by atoms with van der Waals surface area (Å²) in [6.07, 6.45) is 2.26. The van der Waals surface area contributed by atoms with E-state index in [1.807, 2.05) is 19.9 Å². The van der Waals surface area contributed by atoms with Crippen LogP contribution in [-0.2, 0) is 6.54 Å². The lowest BCUT2D eigenvalue weighted by molar-refractivity contribution is 0.153. The van der Waals surface area contributed by atoms with Crippen LogP contribution in [-0.4, -0.2) is 42.4 Å². The first kappa shape index (κ1) is 15.1. The van der Waals surface area contributed by atoms with E-state index in [-0.39, 0.29) is 6.61 Å². The average Bonchev–Trinajstić information content (AvgIpc) is 2.89. The SMILES string of the molecule is CCOc1ccc(CN2CCC[C@@H]2CO)cc1OCC. The van der Waals surface area contributed by atoms with E-state index in [0.717, 1.165) is 31.0 Å². The average molecular weight is 279 g/mol. The smallest absolute Gasteiger partial charge is 0.161 e. The van der Waals surface area contributed by atoms with Gasteiger partial charge in [0, 0.05) is 12.6 Å². The van der Waals surface area contributed by atoms with Gasteiger partial charge >= 0.3 is 0 Å². The van der Waals surface area contributed by atoms with E-state index in [0.29, 0.717) is 19.3 Å². The van der Waals surface area contributed by atoms with E-state index >= 15 is 0 Å². The number of nitrogens with zero attached hydrogens (tertiary/aromatic N) is 1. The Balaban J connectivity index is 2.09. The molecule has 0 radical (unpaired) electrons. The monoisotopic (exact) mass is 279 g/mol. The third-order valence-corrected chi connectivity index (χ3v) is 3.70. The Morgan fingerprint density at radius 1 is 1.20 bits per heavy atom. The Bertz CT molecular complexity index is 422. The zero-order chi connectivity index (χ0) is 14.4. The summed E-state index contributed by atoms with van der Waals surface area (Å²) in [5, 5.41) is 9.38. The van der Waals surface area contributed by atoms with Gasteiger partial charge in [-0.2, -0.15) is 0 Å². The van der Waals surface area contributed by atoms with E-state index in [9.17, 15) is 5.11 Å². The van der Waals surface area contributed by atoms with Crippen LogP contribution in [0.3, 0.4) is 0 Å². The number of hydrogen-bond acceptors (Lipinski definition) is 4. The fraction of sp³-hybridized carbons (Fsp3) is 0.625.